The van der Waals surface area contributed by atoms with Crippen LogP contribution in [0.5, 0.6) is 5.75 Å². The highest BCUT2D eigenvalue weighted by Crippen LogP contribution is 2.41. The van der Waals surface area contributed by atoms with Gasteiger partial charge >= 0.3 is 0 Å². The Hall–Kier alpha value is -2.32. The van der Waals surface area contributed by atoms with Gasteiger partial charge in [0.25, 0.3) is 0 Å². The first-order valence-electron chi connectivity index (χ1n) is 8.20. The number of benzene rings is 3. The van der Waals surface area contributed by atoms with Gasteiger partial charge in [0.2, 0.25) is 0 Å². The summed E-state index contributed by atoms with van der Waals surface area (Å²) in [5, 5.41) is 6.17. The topological polar surface area (TPSA) is 21.3 Å². The van der Waals surface area contributed by atoms with Gasteiger partial charge in [-0.3, -0.25) is 0 Å². The van der Waals surface area contributed by atoms with Crippen molar-refractivity contribution in [3.8, 4) is 5.75 Å². The van der Waals surface area contributed by atoms with Crippen molar-refractivity contribution in [1.82, 2.24) is 5.32 Å². The van der Waals surface area contributed by atoms with E-state index in [0.29, 0.717) is 12.0 Å². The molecule has 3 aromatic carbocycles. The fourth-order valence-corrected chi connectivity index (χ4v) is 3.40. The molecule has 23 heavy (non-hydrogen) atoms. The molecule has 0 saturated heterocycles. The van der Waals surface area contributed by atoms with E-state index in [1.165, 1.54) is 28.3 Å². The number of nitrogens with one attached hydrogen (secondary N) is 1. The van der Waals surface area contributed by atoms with Gasteiger partial charge in [-0.25, -0.2) is 0 Å². The second-order valence-electron chi connectivity index (χ2n) is 6.21. The molecule has 0 heterocycles. The van der Waals surface area contributed by atoms with Crippen LogP contribution in [0.25, 0.3) is 10.8 Å². The number of rotatable bonds is 5. The molecular weight excluding hydrogens is 282 g/mol. The highest BCUT2D eigenvalue weighted by molar-refractivity contribution is 5.91. The molecule has 0 bridgehead atoms. The third-order valence-corrected chi connectivity index (χ3v) is 4.77. The smallest absolute Gasteiger partial charge is 0.126 e. The van der Waals surface area contributed by atoms with Gasteiger partial charge in [-0.15, -0.1) is 0 Å². The molecule has 1 N–H and O–H groups in total. The molecule has 0 aliphatic heterocycles. The maximum atomic E-state index is 5.47. The van der Waals surface area contributed by atoms with Gasteiger partial charge in [-0.05, 0) is 29.0 Å². The maximum Gasteiger partial charge on any atom is 0.126 e. The molecule has 0 spiro atoms. The second-order valence-corrected chi connectivity index (χ2v) is 6.21. The lowest BCUT2D eigenvalue weighted by Crippen LogP contribution is -2.17. The Morgan fingerprint density at radius 3 is 2.43 bits per heavy atom. The lowest BCUT2D eigenvalue weighted by molar-refractivity contribution is 0.419. The van der Waals surface area contributed by atoms with E-state index in [2.05, 4.69) is 72.0 Å². The molecule has 3 aromatic rings. The van der Waals surface area contributed by atoms with Crippen LogP contribution >= 0.6 is 0 Å². The SMILES string of the molecule is COc1ccc(CN[C@@H]2C[C@H]2c2ccccc2)c2ccccc12. The fourth-order valence-electron chi connectivity index (χ4n) is 3.40. The highest BCUT2D eigenvalue weighted by atomic mass is 16.5. The number of hydrogen-bond donors (Lipinski definition) is 1. The van der Waals surface area contributed by atoms with E-state index < -0.39 is 0 Å². The van der Waals surface area contributed by atoms with Crippen molar-refractivity contribution in [1.29, 1.82) is 0 Å². The molecule has 1 fully saturated rings. The van der Waals surface area contributed by atoms with Crippen molar-refractivity contribution in [2.24, 2.45) is 0 Å². The summed E-state index contributed by atoms with van der Waals surface area (Å²) in [5.74, 6) is 1.61. The zero-order chi connectivity index (χ0) is 15.6. The Bertz CT molecular complexity index is 812. The van der Waals surface area contributed by atoms with Crippen molar-refractivity contribution < 1.29 is 4.74 Å². The van der Waals surface area contributed by atoms with Crippen molar-refractivity contribution in [2.45, 2.75) is 24.9 Å². The summed E-state index contributed by atoms with van der Waals surface area (Å²) in [6.07, 6.45) is 1.23. The van der Waals surface area contributed by atoms with Gasteiger partial charge in [0.05, 0.1) is 7.11 Å². The minimum Gasteiger partial charge on any atom is -0.496 e. The summed E-state index contributed by atoms with van der Waals surface area (Å²) in [7, 11) is 1.73. The molecule has 4 rings (SSSR count). The lowest BCUT2D eigenvalue weighted by atomic mass is 10.0. The molecule has 2 nitrogen and oxygen atoms in total. The molecule has 1 aliphatic carbocycles. The largest absolute Gasteiger partial charge is 0.496 e. The molecule has 2 heteroatoms. The van der Waals surface area contributed by atoms with Crippen LogP contribution in [0.15, 0.2) is 66.7 Å². The Balaban J connectivity index is 1.49. The average Bonchev–Trinajstić information content (AvgIpc) is 3.40. The minimum atomic E-state index is 0.596. The Labute approximate surface area is 137 Å². The van der Waals surface area contributed by atoms with Crippen LogP contribution in [0, 0.1) is 0 Å². The van der Waals surface area contributed by atoms with E-state index in [9.17, 15) is 0 Å². The Morgan fingerprint density at radius 1 is 0.913 bits per heavy atom. The van der Waals surface area contributed by atoms with Crippen LogP contribution in [0.3, 0.4) is 0 Å². The number of ether oxygens (including phenoxy) is 1. The monoisotopic (exact) mass is 303 g/mol. The van der Waals surface area contributed by atoms with Crippen LogP contribution in [0.4, 0.5) is 0 Å². The number of fused-ring (bicyclic) bond motifs is 1. The van der Waals surface area contributed by atoms with Crippen molar-refractivity contribution in [3.05, 3.63) is 77.9 Å². The third-order valence-electron chi connectivity index (χ3n) is 4.77. The summed E-state index contributed by atoms with van der Waals surface area (Å²) in [6, 6.07) is 24.1. The van der Waals surface area contributed by atoms with Gasteiger partial charge in [-0.2, -0.15) is 0 Å². The fraction of sp³-hybridized carbons (Fsp3) is 0.238. The molecule has 2 atom stereocenters. The Morgan fingerprint density at radius 2 is 1.65 bits per heavy atom. The third kappa shape index (κ3) is 2.82. The summed E-state index contributed by atoms with van der Waals surface area (Å²) in [5.41, 5.74) is 2.78. The molecule has 0 amide bonds. The van der Waals surface area contributed by atoms with Crippen LogP contribution in [-0.2, 0) is 6.54 Å². The molecule has 0 aromatic heterocycles. The summed E-state index contributed by atoms with van der Waals surface area (Å²) in [6.45, 7) is 0.901. The van der Waals surface area contributed by atoms with Crippen LogP contribution in [-0.4, -0.2) is 13.2 Å². The second kappa shape index (κ2) is 6.05. The van der Waals surface area contributed by atoms with Crippen molar-refractivity contribution >= 4 is 10.8 Å². The first-order valence-corrected chi connectivity index (χ1v) is 8.20. The predicted octanol–water partition coefficient (Wildman–Crippen LogP) is 4.49. The Kier molecular flexibility index (Phi) is 3.76. The molecule has 1 aliphatic rings. The zero-order valence-electron chi connectivity index (χ0n) is 13.3. The van der Waals surface area contributed by atoms with Gasteiger partial charge < -0.3 is 10.1 Å². The van der Waals surface area contributed by atoms with E-state index in [1.54, 1.807) is 7.11 Å². The average molecular weight is 303 g/mol. The standard InChI is InChI=1S/C21H21NO/c1-23-21-12-11-16(17-9-5-6-10-18(17)21)14-22-20-13-19(20)15-7-3-2-4-8-15/h2-12,19-20,22H,13-14H2,1H3/t19-,20+/m0/s1. The predicted molar refractivity (Wildman–Crippen MR) is 94.9 cm³/mol. The normalized spacial score (nSPS) is 19.7. The quantitative estimate of drug-likeness (QED) is 0.749. The van der Waals surface area contributed by atoms with Crippen LogP contribution in [0.1, 0.15) is 23.5 Å². The van der Waals surface area contributed by atoms with E-state index in [-0.39, 0.29) is 0 Å². The van der Waals surface area contributed by atoms with E-state index in [0.717, 1.165) is 12.3 Å². The van der Waals surface area contributed by atoms with E-state index in [4.69, 9.17) is 4.74 Å². The number of hydrogen-bond acceptors (Lipinski definition) is 2. The maximum absolute atomic E-state index is 5.47. The van der Waals surface area contributed by atoms with Crippen LogP contribution in [0.2, 0.25) is 0 Å². The van der Waals surface area contributed by atoms with E-state index in [1.807, 2.05) is 0 Å². The lowest BCUT2D eigenvalue weighted by Gasteiger charge is -2.11. The van der Waals surface area contributed by atoms with Gasteiger partial charge in [0, 0.05) is 23.9 Å². The molecular formula is C21H21NO. The number of methoxy groups -OCH3 is 1. The van der Waals surface area contributed by atoms with Crippen LogP contribution < -0.4 is 10.1 Å². The van der Waals surface area contributed by atoms with Gasteiger partial charge in [-0.1, -0.05) is 60.7 Å². The van der Waals surface area contributed by atoms with Crippen molar-refractivity contribution in [2.75, 3.05) is 7.11 Å². The summed E-state index contributed by atoms with van der Waals surface area (Å²) < 4.78 is 5.47. The molecule has 116 valence electrons. The molecule has 0 radical (unpaired) electrons. The van der Waals surface area contributed by atoms with Crippen molar-refractivity contribution in [3.63, 3.8) is 0 Å². The first-order chi connectivity index (χ1) is 11.4. The van der Waals surface area contributed by atoms with Gasteiger partial charge in [0.1, 0.15) is 5.75 Å². The van der Waals surface area contributed by atoms with Gasteiger partial charge in [0.15, 0.2) is 0 Å². The summed E-state index contributed by atoms with van der Waals surface area (Å²) in [4.78, 5) is 0. The first kappa shape index (κ1) is 14.3. The molecule has 0 unspecified atom stereocenters. The zero-order valence-corrected chi connectivity index (χ0v) is 13.3. The summed E-state index contributed by atoms with van der Waals surface area (Å²) >= 11 is 0. The minimum absolute atomic E-state index is 0.596. The highest BCUT2D eigenvalue weighted by Gasteiger charge is 2.37. The van der Waals surface area contributed by atoms with E-state index >= 15 is 0 Å². The molecule has 1 saturated carbocycles.